The van der Waals surface area contributed by atoms with Gasteiger partial charge >= 0.3 is 0 Å². The number of hydrogen-bond donors (Lipinski definition) is 0. The molecule has 3 nitrogen and oxygen atoms in total. The van der Waals surface area contributed by atoms with Gasteiger partial charge in [0, 0.05) is 11.6 Å². The van der Waals surface area contributed by atoms with Crippen LogP contribution in [0, 0.1) is 17.7 Å². The molecule has 5 heteroatoms. The van der Waals surface area contributed by atoms with Crippen LogP contribution < -0.4 is 4.74 Å². The lowest BCUT2D eigenvalue weighted by Crippen LogP contribution is -1.96. The van der Waals surface area contributed by atoms with Gasteiger partial charge in [-0.25, -0.2) is 4.39 Å². The molecule has 0 bridgehead atoms. The van der Waals surface area contributed by atoms with E-state index in [4.69, 9.17) is 16.3 Å². The van der Waals surface area contributed by atoms with Crippen molar-refractivity contribution in [2.24, 2.45) is 0 Å². The summed E-state index contributed by atoms with van der Waals surface area (Å²) in [6.45, 7) is 0.239. The fraction of sp³-hybridized carbons (Fsp3) is 0.154. The molecule has 1 heterocycles. The molecule has 0 atom stereocenters. The number of rotatable bonds is 3. The van der Waals surface area contributed by atoms with Crippen LogP contribution in [0.2, 0.25) is 0 Å². The highest BCUT2D eigenvalue weighted by molar-refractivity contribution is 6.19. The van der Waals surface area contributed by atoms with Crippen LogP contribution in [0.25, 0.3) is 0 Å². The summed E-state index contributed by atoms with van der Waals surface area (Å²) in [6.07, 6.45) is 2.99. The average molecular weight is 266 g/mol. The van der Waals surface area contributed by atoms with Gasteiger partial charge in [0.15, 0.2) is 0 Å². The van der Waals surface area contributed by atoms with Crippen molar-refractivity contribution in [2.75, 3.05) is 5.88 Å². The Hall–Kier alpha value is -1.99. The van der Waals surface area contributed by atoms with E-state index in [2.05, 4.69) is 21.5 Å². The van der Waals surface area contributed by atoms with Crippen LogP contribution >= 0.6 is 11.6 Å². The van der Waals surface area contributed by atoms with Crippen molar-refractivity contribution in [3.63, 3.8) is 0 Å². The quantitative estimate of drug-likeness (QED) is 0.632. The topological polar surface area (TPSA) is 35.3 Å². The third-order valence-corrected chi connectivity index (χ3v) is 2.24. The van der Waals surface area contributed by atoms with Gasteiger partial charge in [-0.2, -0.15) is 0 Å². The first-order chi connectivity index (χ1) is 8.79. The molecular formula is C13H9ClFNO2. The molecule has 2 aromatic rings. The van der Waals surface area contributed by atoms with Crippen molar-refractivity contribution >= 4 is 11.6 Å². The molecule has 0 spiro atoms. The molecule has 18 heavy (non-hydrogen) atoms. The molecule has 0 aliphatic rings. The van der Waals surface area contributed by atoms with Gasteiger partial charge in [0.25, 0.3) is 0 Å². The molecule has 0 unspecified atom stereocenters. The molecule has 0 saturated heterocycles. The maximum atomic E-state index is 13.2. The average Bonchev–Trinajstić information content (AvgIpc) is 2.88. The largest absolute Gasteiger partial charge is 0.487 e. The van der Waals surface area contributed by atoms with Crippen molar-refractivity contribution in [3.8, 4) is 17.6 Å². The Morgan fingerprint density at radius 2 is 2.33 bits per heavy atom. The molecule has 1 aromatic carbocycles. The molecule has 0 aliphatic heterocycles. The van der Waals surface area contributed by atoms with Gasteiger partial charge in [-0.05, 0) is 12.1 Å². The van der Waals surface area contributed by atoms with E-state index in [9.17, 15) is 4.39 Å². The Kier molecular flexibility index (Phi) is 4.21. The van der Waals surface area contributed by atoms with Gasteiger partial charge in [-0.3, -0.25) is 0 Å². The first-order valence-corrected chi connectivity index (χ1v) is 5.68. The third-order valence-electron chi connectivity index (χ3n) is 2.11. The maximum absolute atomic E-state index is 13.2. The summed E-state index contributed by atoms with van der Waals surface area (Å²) in [5.74, 6) is 5.70. The normalized spacial score (nSPS) is 9.67. The Morgan fingerprint density at radius 1 is 1.44 bits per heavy atom. The van der Waals surface area contributed by atoms with E-state index in [0.717, 1.165) is 5.56 Å². The van der Waals surface area contributed by atoms with Gasteiger partial charge in [-0.15, -0.1) is 11.6 Å². The summed E-state index contributed by atoms with van der Waals surface area (Å²) >= 11 is 5.48. The zero-order valence-electron chi connectivity index (χ0n) is 9.32. The molecule has 1 aromatic heterocycles. The molecule has 0 N–H and O–H groups in total. The van der Waals surface area contributed by atoms with Crippen molar-refractivity contribution in [2.45, 2.75) is 6.61 Å². The van der Waals surface area contributed by atoms with Gasteiger partial charge in [0.05, 0.1) is 17.6 Å². The Labute approximate surface area is 108 Å². The highest BCUT2D eigenvalue weighted by Crippen LogP contribution is 2.20. The maximum Gasteiger partial charge on any atom is 0.138 e. The predicted molar refractivity (Wildman–Crippen MR) is 64.8 cm³/mol. The van der Waals surface area contributed by atoms with Crippen molar-refractivity contribution < 1.29 is 13.7 Å². The molecule has 0 aliphatic carbocycles. The monoisotopic (exact) mass is 265 g/mol. The summed E-state index contributed by atoms with van der Waals surface area (Å²) in [4.78, 5) is 0. The number of aromatic nitrogens is 1. The first kappa shape index (κ1) is 12.5. The standard InChI is InChI=1S/C13H9ClFNO2/c14-5-1-2-11-3-4-12(15)6-13(11)17-8-10-7-16-18-9-10/h3-4,6-7,9H,5,8H2. The van der Waals surface area contributed by atoms with Crippen LogP contribution in [-0.2, 0) is 6.61 Å². The fourth-order valence-electron chi connectivity index (χ4n) is 1.31. The van der Waals surface area contributed by atoms with E-state index in [1.165, 1.54) is 24.6 Å². The minimum atomic E-state index is -0.383. The van der Waals surface area contributed by atoms with Gasteiger partial charge in [0.1, 0.15) is 24.4 Å². The number of ether oxygens (including phenoxy) is 1. The van der Waals surface area contributed by atoms with Crippen LogP contribution in [0.15, 0.2) is 35.2 Å². The number of halogens is 2. The van der Waals surface area contributed by atoms with Crippen molar-refractivity contribution in [1.29, 1.82) is 0 Å². The summed E-state index contributed by atoms with van der Waals surface area (Å²) in [5.41, 5.74) is 1.35. The lowest BCUT2D eigenvalue weighted by atomic mass is 10.2. The third kappa shape index (κ3) is 3.25. The minimum absolute atomic E-state index is 0.211. The zero-order chi connectivity index (χ0) is 12.8. The summed E-state index contributed by atoms with van der Waals surface area (Å²) < 4.78 is 23.3. The molecule has 0 fully saturated rings. The molecule has 0 amide bonds. The predicted octanol–water partition coefficient (Wildman–Crippen LogP) is 2.98. The summed E-state index contributed by atoms with van der Waals surface area (Å²) in [6, 6.07) is 4.16. The van der Waals surface area contributed by atoms with E-state index in [1.54, 1.807) is 6.07 Å². The van der Waals surface area contributed by atoms with Gasteiger partial charge in [-0.1, -0.05) is 17.0 Å². The minimum Gasteiger partial charge on any atom is -0.487 e. The van der Waals surface area contributed by atoms with Crippen LogP contribution in [0.5, 0.6) is 5.75 Å². The van der Waals surface area contributed by atoms with E-state index < -0.39 is 0 Å². The zero-order valence-corrected chi connectivity index (χ0v) is 10.1. The second-order valence-corrected chi connectivity index (χ2v) is 3.66. The SMILES string of the molecule is Fc1ccc(C#CCCl)c(OCc2cnoc2)c1. The van der Waals surface area contributed by atoms with Gasteiger partial charge < -0.3 is 9.26 Å². The van der Waals surface area contributed by atoms with Crippen LogP contribution in [0.1, 0.15) is 11.1 Å². The lowest BCUT2D eigenvalue weighted by molar-refractivity contribution is 0.302. The highest BCUT2D eigenvalue weighted by atomic mass is 35.5. The second-order valence-electron chi connectivity index (χ2n) is 3.40. The number of benzene rings is 1. The molecule has 0 saturated carbocycles. The summed E-state index contributed by atoms with van der Waals surface area (Å²) in [5, 5.41) is 3.55. The van der Waals surface area contributed by atoms with Crippen LogP contribution in [-0.4, -0.2) is 11.0 Å². The van der Waals surface area contributed by atoms with Crippen molar-refractivity contribution in [1.82, 2.24) is 5.16 Å². The Balaban J connectivity index is 2.16. The highest BCUT2D eigenvalue weighted by Gasteiger charge is 2.05. The molecule has 2 rings (SSSR count). The molecule has 0 radical (unpaired) electrons. The first-order valence-electron chi connectivity index (χ1n) is 5.15. The van der Waals surface area contributed by atoms with E-state index in [0.29, 0.717) is 11.3 Å². The van der Waals surface area contributed by atoms with E-state index >= 15 is 0 Å². The number of nitrogens with zero attached hydrogens (tertiary/aromatic N) is 1. The Morgan fingerprint density at radius 3 is 3.06 bits per heavy atom. The Bertz CT molecular complexity index is 572. The van der Waals surface area contributed by atoms with Crippen LogP contribution in [0.3, 0.4) is 0 Å². The number of hydrogen-bond acceptors (Lipinski definition) is 3. The van der Waals surface area contributed by atoms with Gasteiger partial charge in [0.2, 0.25) is 0 Å². The fourth-order valence-corrected chi connectivity index (χ4v) is 1.37. The molecule has 92 valence electrons. The second kappa shape index (κ2) is 6.08. The smallest absolute Gasteiger partial charge is 0.138 e. The van der Waals surface area contributed by atoms with Crippen molar-refractivity contribution in [3.05, 3.63) is 47.6 Å². The number of alkyl halides is 1. The molecular weight excluding hydrogens is 257 g/mol. The van der Waals surface area contributed by atoms with E-state index in [-0.39, 0.29) is 18.3 Å². The summed E-state index contributed by atoms with van der Waals surface area (Å²) in [7, 11) is 0. The lowest BCUT2D eigenvalue weighted by Gasteiger charge is -2.06. The van der Waals surface area contributed by atoms with Crippen LogP contribution in [0.4, 0.5) is 4.39 Å². The van der Waals surface area contributed by atoms with E-state index in [1.807, 2.05) is 0 Å².